The minimum absolute atomic E-state index is 0.00541. The number of nitrogens with zero attached hydrogens (tertiary/aromatic N) is 2. The molecule has 5 rings (SSSR count). The van der Waals surface area contributed by atoms with Crippen molar-refractivity contribution in [3.8, 4) is 0 Å². The van der Waals surface area contributed by atoms with Gasteiger partial charge in [-0.2, -0.15) is 0 Å². The first-order valence-corrected chi connectivity index (χ1v) is 12.3. The number of thiophene rings is 1. The predicted molar refractivity (Wildman–Crippen MR) is 128 cm³/mol. The second-order valence-corrected chi connectivity index (χ2v) is 10.1. The smallest absolute Gasteiger partial charge is 0.254 e. The Morgan fingerprint density at radius 3 is 2.47 bits per heavy atom. The molecule has 2 aromatic carbocycles. The van der Waals surface area contributed by atoms with Crippen LogP contribution in [0.1, 0.15) is 50.8 Å². The van der Waals surface area contributed by atoms with E-state index < -0.39 is 0 Å². The number of hydrogen-bond donors (Lipinski definition) is 0. The lowest BCUT2D eigenvalue weighted by Crippen LogP contribution is -2.47. The standard InChI is InChI=1S/C26H25ClN2O2S/c1-17-2-4-19(5-3-17)26(31)29(21-10-11-21)16-24(30)28-14-12-23-22(13-15-32-23)25(28)18-6-8-20(27)9-7-18/h2-9,13,15,21,25H,10-12,14,16H2,1H3. The van der Waals surface area contributed by atoms with Crippen LogP contribution in [0.2, 0.25) is 5.02 Å². The van der Waals surface area contributed by atoms with Crippen molar-refractivity contribution in [2.24, 2.45) is 0 Å². The fourth-order valence-corrected chi connectivity index (χ4v) is 5.47. The molecule has 2 amide bonds. The Kier molecular flexibility index (Phi) is 5.78. The Bertz CT molecular complexity index is 1140. The highest BCUT2D eigenvalue weighted by Crippen LogP contribution is 2.38. The molecule has 2 aliphatic rings. The number of hydrogen-bond acceptors (Lipinski definition) is 3. The first-order valence-electron chi connectivity index (χ1n) is 11.0. The molecule has 2 heterocycles. The van der Waals surface area contributed by atoms with Crippen LogP contribution >= 0.6 is 22.9 Å². The molecule has 6 heteroatoms. The Morgan fingerprint density at radius 1 is 1.06 bits per heavy atom. The second-order valence-electron chi connectivity index (χ2n) is 8.62. The topological polar surface area (TPSA) is 40.6 Å². The van der Waals surface area contributed by atoms with Crippen molar-refractivity contribution in [2.45, 2.75) is 38.3 Å². The van der Waals surface area contributed by atoms with Gasteiger partial charge in [0.05, 0.1) is 6.04 Å². The maximum absolute atomic E-state index is 13.6. The zero-order chi connectivity index (χ0) is 22.2. The van der Waals surface area contributed by atoms with Crippen molar-refractivity contribution < 1.29 is 9.59 Å². The van der Waals surface area contributed by atoms with E-state index >= 15 is 0 Å². The number of halogens is 1. The van der Waals surface area contributed by atoms with Crippen LogP contribution in [0.25, 0.3) is 0 Å². The van der Waals surface area contributed by atoms with Gasteiger partial charge in [0, 0.05) is 28.0 Å². The van der Waals surface area contributed by atoms with E-state index in [1.54, 1.807) is 16.2 Å². The van der Waals surface area contributed by atoms with Crippen molar-refractivity contribution in [2.75, 3.05) is 13.1 Å². The van der Waals surface area contributed by atoms with Gasteiger partial charge in [-0.15, -0.1) is 11.3 Å². The summed E-state index contributed by atoms with van der Waals surface area (Å²) in [6.07, 6.45) is 2.76. The third-order valence-electron chi connectivity index (χ3n) is 6.32. The van der Waals surface area contributed by atoms with Gasteiger partial charge in [-0.3, -0.25) is 9.59 Å². The highest BCUT2D eigenvalue weighted by atomic mass is 35.5. The zero-order valence-corrected chi connectivity index (χ0v) is 19.5. The van der Waals surface area contributed by atoms with Crippen LogP contribution in [-0.4, -0.2) is 40.7 Å². The quantitative estimate of drug-likeness (QED) is 0.501. The van der Waals surface area contributed by atoms with E-state index in [0.717, 1.165) is 30.4 Å². The summed E-state index contributed by atoms with van der Waals surface area (Å²) in [5.41, 5.74) is 3.98. The largest absolute Gasteiger partial charge is 0.330 e. The lowest BCUT2D eigenvalue weighted by Gasteiger charge is -2.37. The van der Waals surface area contributed by atoms with Gasteiger partial charge < -0.3 is 9.80 Å². The molecule has 0 bridgehead atoms. The molecule has 0 N–H and O–H groups in total. The average molecular weight is 465 g/mol. The van der Waals surface area contributed by atoms with E-state index in [0.29, 0.717) is 17.1 Å². The monoisotopic (exact) mass is 464 g/mol. The lowest BCUT2D eigenvalue weighted by atomic mass is 9.93. The van der Waals surface area contributed by atoms with Gasteiger partial charge >= 0.3 is 0 Å². The summed E-state index contributed by atoms with van der Waals surface area (Å²) in [6.45, 7) is 2.76. The van der Waals surface area contributed by atoms with E-state index in [1.807, 2.05) is 60.4 Å². The molecule has 32 heavy (non-hydrogen) atoms. The van der Waals surface area contributed by atoms with E-state index in [9.17, 15) is 9.59 Å². The van der Waals surface area contributed by atoms with Crippen LogP contribution in [-0.2, 0) is 11.2 Å². The van der Waals surface area contributed by atoms with Gasteiger partial charge in [0.25, 0.3) is 5.91 Å². The average Bonchev–Trinajstić information content (AvgIpc) is 3.53. The first-order chi connectivity index (χ1) is 15.5. The number of amides is 2. The second kappa shape index (κ2) is 8.72. The molecule has 0 saturated heterocycles. The van der Waals surface area contributed by atoms with Gasteiger partial charge in [0.1, 0.15) is 6.54 Å². The van der Waals surface area contributed by atoms with Gasteiger partial charge in [-0.25, -0.2) is 0 Å². The molecule has 164 valence electrons. The molecular weight excluding hydrogens is 440 g/mol. The summed E-state index contributed by atoms with van der Waals surface area (Å²) in [7, 11) is 0. The van der Waals surface area contributed by atoms with Crippen molar-refractivity contribution in [1.82, 2.24) is 9.80 Å². The fraction of sp³-hybridized carbons (Fsp3) is 0.308. The summed E-state index contributed by atoms with van der Waals surface area (Å²) in [5, 5.41) is 2.77. The third kappa shape index (κ3) is 4.19. The van der Waals surface area contributed by atoms with Gasteiger partial charge in [0.15, 0.2) is 0 Å². The lowest BCUT2D eigenvalue weighted by molar-refractivity contribution is -0.134. The minimum Gasteiger partial charge on any atom is -0.330 e. The van der Waals surface area contributed by atoms with Gasteiger partial charge in [-0.05, 0) is 73.0 Å². The van der Waals surface area contributed by atoms with E-state index in [4.69, 9.17) is 11.6 Å². The molecule has 1 aromatic heterocycles. The van der Waals surface area contributed by atoms with Crippen LogP contribution in [0.3, 0.4) is 0 Å². The number of rotatable bonds is 5. The molecule has 1 fully saturated rings. The van der Waals surface area contributed by atoms with Crippen molar-refractivity contribution in [3.63, 3.8) is 0 Å². The molecule has 1 aliphatic carbocycles. The molecule has 4 nitrogen and oxygen atoms in total. The zero-order valence-electron chi connectivity index (χ0n) is 18.0. The SMILES string of the molecule is Cc1ccc(C(=O)N(CC(=O)N2CCc3sccc3C2c2ccc(Cl)cc2)C2CC2)cc1. The number of carbonyl (C=O) groups is 2. The maximum atomic E-state index is 13.6. The molecule has 3 aromatic rings. The normalized spacial score (nSPS) is 17.7. The molecule has 1 atom stereocenters. The summed E-state index contributed by atoms with van der Waals surface area (Å²) >= 11 is 7.86. The summed E-state index contributed by atoms with van der Waals surface area (Å²) in [5.74, 6) is -0.0636. The summed E-state index contributed by atoms with van der Waals surface area (Å²) in [4.78, 5) is 31.9. The molecule has 1 aliphatic heterocycles. The van der Waals surface area contributed by atoms with Crippen LogP contribution in [0, 0.1) is 6.92 Å². The van der Waals surface area contributed by atoms with E-state index in [2.05, 4.69) is 11.4 Å². The highest BCUT2D eigenvalue weighted by molar-refractivity contribution is 7.10. The minimum atomic E-state index is -0.148. The molecule has 1 saturated carbocycles. The number of fused-ring (bicyclic) bond motifs is 1. The van der Waals surface area contributed by atoms with E-state index in [-0.39, 0.29) is 30.4 Å². The number of aryl methyl sites for hydroxylation is 1. The first kappa shape index (κ1) is 21.2. The predicted octanol–water partition coefficient (Wildman–Crippen LogP) is 5.49. The maximum Gasteiger partial charge on any atom is 0.254 e. The van der Waals surface area contributed by atoms with E-state index in [1.165, 1.54) is 10.4 Å². The van der Waals surface area contributed by atoms with Crippen molar-refractivity contribution in [1.29, 1.82) is 0 Å². The third-order valence-corrected chi connectivity index (χ3v) is 7.57. The molecule has 0 radical (unpaired) electrons. The van der Waals surface area contributed by atoms with Crippen molar-refractivity contribution >= 4 is 34.8 Å². The number of carbonyl (C=O) groups excluding carboxylic acids is 2. The molecule has 1 unspecified atom stereocenters. The number of benzene rings is 2. The summed E-state index contributed by atoms with van der Waals surface area (Å²) in [6, 6.07) is 17.5. The molecule has 0 spiro atoms. The molecular formula is C26H25ClN2O2S. The van der Waals surface area contributed by atoms with Crippen LogP contribution in [0.15, 0.2) is 60.0 Å². The Morgan fingerprint density at radius 2 is 1.78 bits per heavy atom. The van der Waals surface area contributed by atoms with Crippen molar-refractivity contribution in [3.05, 3.63) is 92.1 Å². The van der Waals surface area contributed by atoms with Crippen LogP contribution < -0.4 is 0 Å². The highest BCUT2D eigenvalue weighted by Gasteiger charge is 2.38. The Balaban J connectivity index is 1.42. The Labute approximate surface area is 197 Å². The van der Waals surface area contributed by atoms with Gasteiger partial charge in [-0.1, -0.05) is 41.4 Å². The van der Waals surface area contributed by atoms with Crippen LogP contribution in [0.5, 0.6) is 0 Å². The van der Waals surface area contributed by atoms with Gasteiger partial charge in [0.2, 0.25) is 5.91 Å². The van der Waals surface area contributed by atoms with Crippen LogP contribution in [0.4, 0.5) is 0 Å². The summed E-state index contributed by atoms with van der Waals surface area (Å²) < 4.78 is 0. The Hall–Kier alpha value is -2.63. The fourth-order valence-electron chi connectivity index (χ4n) is 4.44.